The van der Waals surface area contributed by atoms with E-state index in [2.05, 4.69) is 20.6 Å². The average molecular weight is 496 g/mol. The lowest BCUT2D eigenvalue weighted by Gasteiger charge is -2.32. The summed E-state index contributed by atoms with van der Waals surface area (Å²) in [6, 6.07) is 10.6. The van der Waals surface area contributed by atoms with Crippen molar-refractivity contribution in [3.63, 3.8) is 0 Å². The van der Waals surface area contributed by atoms with E-state index in [0.29, 0.717) is 47.8 Å². The summed E-state index contributed by atoms with van der Waals surface area (Å²) in [5, 5.41) is 14.5. The number of benzene rings is 1. The van der Waals surface area contributed by atoms with Crippen LogP contribution in [0.5, 0.6) is 0 Å². The summed E-state index contributed by atoms with van der Waals surface area (Å²) in [6.07, 6.45) is -3.51. The molecule has 3 heterocycles. The number of fused-ring (bicyclic) bond motifs is 1. The van der Waals surface area contributed by atoms with Crippen LogP contribution < -0.4 is 10.2 Å². The van der Waals surface area contributed by atoms with Crippen molar-refractivity contribution in [1.29, 1.82) is 0 Å². The molecule has 0 radical (unpaired) electrons. The van der Waals surface area contributed by atoms with E-state index in [9.17, 15) is 18.0 Å². The zero-order chi connectivity index (χ0) is 24.5. The van der Waals surface area contributed by atoms with Gasteiger partial charge in [-0.3, -0.25) is 4.79 Å². The normalized spacial score (nSPS) is 16.3. The lowest BCUT2D eigenvalue weighted by molar-refractivity contribution is -0.146. The molecular weight excluding hydrogens is 471 g/mol. The van der Waals surface area contributed by atoms with Crippen molar-refractivity contribution in [2.75, 3.05) is 38.6 Å². The van der Waals surface area contributed by atoms with Gasteiger partial charge in [-0.25, -0.2) is 0 Å². The Morgan fingerprint density at radius 1 is 1.18 bits per heavy atom. The lowest BCUT2D eigenvalue weighted by atomic mass is 9.95. The van der Waals surface area contributed by atoms with Gasteiger partial charge in [-0.05, 0) is 50.7 Å². The molecule has 1 N–H and O–H groups in total. The maximum Gasteiger partial charge on any atom is 0.453 e. The first-order valence-corrected chi connectivity index (χ1v) is 11.3. The van der Waals surface area contributed by atoms with E-state index in [1.165, 1.54) is 6.07 Å². The van der Waals surface area contributed by atoms with Crippen LogP contribution in [-0.4, -0.2) is 64.3 Å². The highest BCUT2D eigenvalue weighted by molar-refractivity contribution is 6.31. The van der Waals surface area contributed by atoms with Crippen LogP contribution in [0, 0.1) is 5.92 Å². The summed E-state index contributed by atoms with van der Waals surface area (Å²) in [5.74, 6) is -0.995. The summed E-state index contributed by atoms with van der Waals surface area (Å²) >= 11 is 6.34. The van der Waals surface area contributed by atoms with Crippen LogP contribution in [0.25, 0.3) is 5.65 Å². The molecule has 2 aromatic heterocycles. The first kappa shape index (κ1) is 24.2. The van der Waals surface area contributed by atoms with Gasteiger partial charge in [0, 0.05) is 30.6 Å². The number of nitrogens with zero attached hydrogens (tertiary/aromatic N) is 6. The molecule has 1 atom stereocenters. The molecule has 0 saturated carbocycles. The Morgan fingerprint density at radius 3 is 2.53 bits per heavy atom. The van der Waals surface area contributed by atoms with Crippen LogP contribution in [0.3, 0.4) is 0 Å². The third-order valence-electron chi connectivity index (χ3n) is 6.05. The van der Waals surface area contributed by atoms with E-state index in [1.54, 1.807) is 6.07 Å². The van der Waals surface area contributed by atoms with Gasteiger partial charge in [0.2, 0.25) is 5.91 Å². The van der Waals surface area contributed by atoms with E-state index in [-0.39, 0.29) is 23.5 Å². The molecule has 0 spiro atoms. The number of rotatable bonds is 6. The molecule has 1 aliphatic heterocycles. The van der Waals surface area contributed by atoms with Crippen LogP contribution in [0.2, 0.25) is 5.02 Å². The van der Waals surface area contributed by atoms with Crippen LogP contribution in [0.4, 0.5) is 19.0 Å². The van der Waals surface area contributed by atoms with Crippen LogP contribution in [-0.2, 0) is 11.0 Å². The smallest absolute Gasteiger partial charge is 0.355 e. The number of carbonyl (C=O) groups excluding carboxylic acids is 1. The molecule has 0 aliphatic carbocycles. The van der Waals surface area contributed by atoms with Crippen molar-refractivity contribution >= 4 is 29.0 Å². The number of aromatic nitrogens is 4. The van der Waals surface area contributed by atoms with Gasteiger partial charge in [0.15, 0.2) is 5.65 Å². The molecule has 1 aromatic carbocycles. The number of carbonyl (C=O) groups is 1. The minimum atomic E-state index is -4.65. The molecule has 12 heteroatoms. The largest absolute Gasteiger partial charge is 0.453 e. The Bertz CT molecular complexity index is 1160. The zero-order valence-corrected chi connectivity index (χ0v) is 19.5. The molecule has 0 bridgehead atoms. The molecule has 8 nitrogen and oxygen atoms in total. The van der Waals surface area contributed by atoms with Crippen LogP contribution in [0.15, 0.2) is 36.4 Å². The fourth-order valence-electron chi connectivity index (χ4n) is 4.15. The number of halogens is 4. The van der Waals surface area contributed by atoms with E-state index in [4.69, 9.17) is 11.6 Å². The highest BCUT2D eigenvalue weighted by atomic mass is 35.5. The quantitative estimate of drug-likeness (QED) is 0.564. The van der Waals surface area contributed by atoms with Gasteiger partial charge in [-0.15, -0.1) is 15.3 Å². The molecule has 4 rings (SSSR count). The van der Waals surface area contributed by atoms with E-state index in [1.807, 2.05) is 48.2 Å². The van der Waals surface area contributed by atoms with Gasteiger partial charge in [0.1, 0.15) is 5.82 Å². The molecule has 1 saturated heterocycles. The maximum atomic E-state index is 13.1. The predicted molar refractivity (Wildman–Crippen MR) is 122 cm³/mol. The molecular formula is C22H25ClF3N7O. The topological polar surface area (TPSA) is 78.7 Å². The van der Waals surface area contributed by atoms with Gasteiger partial charge in [-0.2, -0.15) is 17.7 Å². The third-order valence-corrected chi connectivity index (χ3v) is 6.39. The number of hydrogen-bond acceptors (Lipinski definition) is 6. The fraction of sp³-hybridized carbons (Fsp3) is 0.455. The summed E-state index contributed by atoms with van der Waals surface area (Å²) < 4.78 is 40.1. The second kappa shape index (κ2) is 9.75. The molecule has 3 aromatic rings. The molecule has 182 valence electrons. The number of likely N-dealkylation sites (N-methyl/N-ethyl adjacent to an activating group) is 1. The Kier molecular flexibility index (Phi) is 6.94. The summed E-state index contributed by atoms with van der Waals surface area (Å²) in [6.45, 7) is 1.42. The van der Waals surface area contributed by atoms with E-state index < -0.39 is 12.0 Å². The Labute approximate surface area is 199 Å². The second-order valence-corrected chi connectivity index (χ2v) is 8.90. The Balaban J connectivity index is 1.37. The minimum Gasteiger partial charge on any atom is -0.355 e. The number of piperidine rings is 1. The molecule has 34 heavy (non-hydrogen) atoms. The fourth-order valence-corrected chi connectivity index (χ4v) is 4.41. The van der Waals surface area contributed by atoms with Crippen molar-refractivity contribution in [2.24, 2.45) is 5.92 Å². The number of alkyl halides is 3. The number of nitrogens with one attached hydrogen (secondary N) is 1. The first-order valence-electron chi connectivity index (χ1n) is 10.9. The molecule has 1 unspecified atom stereocenters. The second-order valence-electron chi connectivity index (χ2n) is 8.49. The van der Waals surface area contributed by atoms with Gasteiger partial charge in [-0.1, -0.05) is 29.8 Å². The monoisotopic (exact) mass is 495 g/mol. The first-order chi connectivity index (χ1) is 16.1. The maximum absolute atomic E-state index is 13.1. The molecule has 1 amide bonds. The van der Waals surface area contributed by atoms with Crippen molar-refractivity contribution < 1.29 is 18.0 Å². The van der Waals surface area contributed by atoms with E-state index in [0.717, 1.165) is 5.56 Å². The van der Waals surface area contributed by atoms with Crippen molar-refractivity contribution in [1.82, 2.24) is 30.0 Å². The third kappa shape index (κ3) is 5.10. The standard InChI is InChI=1S/C22H25ClF3N7O/c1-31(2)17(15-5-3-4-6-16(15)23)13-27-20(34)14-9-11-32(12-10-14)19-8-7-18-28-29-21(22(24,25)26)33(18)30-19/h3-8,14,17H,9-13H2,1-2H3,(H,27,34). The highest BCUT2D eigenvalue weighted by Crippen LogP contribution is 2.29. The van der Waals surface area contributed by atoms with Gasteiger partial charge < -0.3 is 15.1 Å². The van der Waals surface area contributed by atoms with Crippen molar-refractivity contribution in [3.05, 3.63) is 52.8 Å². The summed E-state index contributed by atoms with van der Waals surface area (Å²) in [4.78, 5) is 16.7. The number of amides is 1. The minimum absolute atomic E-state index is 0.0271. The van der Waals surface area contributed by atoms with Crippen molar-refractivity contribution in [2.45, 2.75) is 25.1 Å². The molecule has 1 fully saturated rings. The average Bonchev–Trinajstić information content (AvgIpc) is 3.24. The van der Waals surface area contributed by atoms with Crippen LogP contribution >= 0.6 is 11.6 Å². The summed E-state index contributed by atoms with van der Waals surface area (Å²) in [5.41, 5.74) is 0.970. The lowest BCUT2D eigenvalue weighted by Crippen LogP contribution is -2.43. The Hall–Kier alpha value is -2.92. The zero-order valence-electron chi connectivity index (χ0n) is 18.8. The molecule has 1 aliphatic rings. The number of hydrogen-bond donors (Lipinski definition) is 1. The van der Waals surface area contributed by atoms with Gasteiger partial charge >= 0.3 is 6.18 Å². The van der Waals surface area contributed by atoms with Gasteiger partial charge in [0.25, 0.3) is 5.82 Å². The number of anilines is 1. The predicted octanol–water partition coefficient (Wildman–Crippen LogP) is 3.43. The van der Waals surface area contributed by atoms with Crippen molar-refractivity contribution in [3.8, 4) is 0 Å². The highest BCUT2D eigenvalue weighted by Gasteiger charge is 2.38. The SMILES string of the molecule is CN(C)C(CNC(=O)C1CCN(c2ccc3nnc(C(F)(F)F)n3n2)CC1)c1ccccc1Cl. The summed E-state index contributed by atoms with van der Waals surface area (Å²) in [7, 11) is 3.87. The van der Waals surface area contributed by atoms with Gasteiger partial charge in [0.05, 0.1) is 6.04 Å². The van der Waals surface area contributed by atoms with E-state index >= 15 is 0 Å². The Morgan fingerprint density at radius 2 is 1.88 bits per heavy atom. The van der Waals surface area contributed by atoms with Crippen LogP contribution in [0.1, 0.15) is 30.3 Å².